The third kappa shape index (κ3) is 3.12. The molecule has 1 aliphatic heterocycles. The van der Waals surface area contributed by atoms with Crippen molar-refractivity contribution in [3.05, 3.63) is 0 Å². The molecule has 1 aliphatic rings. The molecule has 0 radical (unpaired) electrons. The molecule has 1 saturated heterocycles. The van der Waals surface area contributed by atoms with E-state index in [1.807, 2.05) is 13.8 Å². The number of carboxylic acids is 1. The van der Waals surface area contributed by atoms with Gasteiger partial charge in [0.1, 0.15) is 6.04 Å². The van der Waals surface area contributed by atoms with Gasteiger partial charge < -0.3 is 15.3 Å². The molecule has 2 atom stereocenters. The van der Waals surface area contributed by atoms with E-state index in [9.17, 15) is 9.59 Å². The second kappa shape index (κ2) is 5.72. The lowest BCUT2D eigenvalue weighted by molar-refractivity contribution is -0.139. The Kier molecular flexibility index (Phi) is 4.58. The number of amides is 2. The Bertz CT molecular complexity index is 268. The van der Waals surface area contributed by atoms with Crippen molar-refractivity contribution in [2.45, 2.75) is 51.6 Å². The van der Waals surface area contributed by atoms with Crippen molar-refractivity contribution < 1.29 is 14.7 Å². The highest BCUT2D eigenvalue weighted by Gasteiger charge is 2.28. The van der Waals surface area contributed by atoms with E-state index in [1.54, 1.807) is 4.90 Å². The van der Waals surface area contributed by atoms with Crippen LogP contribution in [0.3, 0.4) is 0 Å². The van der Waals surface area contributed by atoms with Crippen molar-refractivity contribution in [1.82, 2.24) is 10.2 Å². The minimum absolute atomic E-state index is 0.219. The van der Waals surface area contributed by atoms with Gasteiger partial charge in [-0.25, -0.2) is 9.59 Å². The molecule has 1 rings (SSSR count). The van der Waals surface area contributed by atoms with Gasteiger partial charge in [-0.2, -0.15) is 0 Å². The third-order valence-electron chi connectivity index (χ3n) is 2.99. The maximum Gasteiger partial charge on any atom is 0.326 e. The number of urea groups is 1. The highest BCUT2D eigenvalue weighted by atomic mass is 16.4. The number of likely N-dealkylation sites (tertiary alicyclic amines) is 1. The highest BCUT2D eigenvalue weighted by Crippen LogP contribution is 2.16. The summed E-state index contributed by atoms with van der Waals surface area (Å²) in [6.07, 6.45) is 3.22. The molecule has 0 aromatic rings. The van der Waals surface area contributed by atoms with E-state index in [4.69, 9.17) is 5.11 Å². The first-order chi connectivity index (χ1) is 7.56. The molecule has 5 heteroatoms. The van der Waals surface area contributed by atoms with E-state index in [-0.39, 0.29) is 12.1 Å². The van der Waals surface area contributed by atoms with Crippen LogP contribution in [0.5, 0.6) is 0 Å². The van der Waals surface area contributed by atoms with Crippen molar-refractivity contribution in [3.63, 3.8) is 0 Å². The topological polar surface area (TPSA) is 69.6 Å². The first kappa shape index (κ1) is 12.8. The number of nitrogens with one attached hydrogen (secondary N) is 1. The number of hydrogen-bond acceptors (Lipinski definition) is 2. The van der Waals surface area contributed by atoms with Crippen LogP contribution in [0, 0.1) is 0 Å². The van der Waals surface area contributed by atoms with Crippen LogP contribution in [-0.4, -0.2) is 40.6 Å². The Morgan fingerprint density at radius 2 is 2.25 bits per heavy atom. The molecule has 1 heterocycles. The number of nitrogens with zero attached hydrogens (tertiary/aromatic N) is 1. The van der Waals surface area contributed by atoms with Crippen LogP contribution < -0.4 is 5.32 Å². The molecule has 16 heavy (non-hydrogen) atoms. The first-order valence-electron chi connectivity index (χ1n) is 5.86. The summed E-state index contributed by atoms with van der Waals surface area (Å²) < 4.78 is 0. The SMILES string of the molecule is CCC[C@@H](NC(=O)N1CCCC1C)C(=O)O. The third-order valence-corrected chi connectivity index (χ3v) is 2.99. The van der Waals surface area contributed by atoms with Gasteiger partial charge in [-0.3, -0.25) is 0 Å². The summed E-state index contributed by atoms with van der Waals surface area (Å²) >= 11 is 0. The summed E-state index contributed by atoms with van der Waals surface area (Å²) in [4.78, 5) is 24.4. The second-order valence-corrected chi connectivity index (χ2v) is 4.31. The molecule has 2 amide bonds. The molecule has 1 fully saturated rings. The Morgan fingerprint density at radius 3 is 2.69 bits per heavy atom. The highest BCUT2D eigenvalue weighted by molar-refractivity contribution is 5.82. The molecule has 0 bridgehead atoms. The van der Waals surface area contributed by atoms with E-state index in [1.165, 1.54) is 0 Å². The Morgan fingerprint density at radius 1 is 1.56 bits per heavy atom. The summed E-state index contributed by atoms with van der Waals surface area (Å²) in [5.74, 6) is -0.956. The van der Waals surface area contributed by atoms with Crippen LogP contribution >= 0.6 is 0 Å². The van der Waals surface area contributed by atoms with Crippen molar-refractivity contribution in [1.29, 1.82) is 0 Å². The summed E-state index contributed by atoms with van der Waals surface area (Å²) in [5.41, 5.74) is 0. The standard InChI is InChI=1S/C11H20N2O3/c1-3-5-9(10(14)15)12-11(16)13-7-4-6-8(13)2/h8-9H,3-7H2,1-2H3,(H,12,16)(H,14,15)/t8?,9-/m1/s1. The summed E-state index contributed by atoms with van der Waals surface area (Å²) in [7, 11) is 0. The molecule has 92 valence electrons. The lowest BCUT2D eigenvalue weighted by atomic mass is 10.2. The summed E-state index contributed by atoms with van der Waals surface area (Å²) in [6, 6.07) is -0.785. The Labute approximate surface area is 95.8 Å². The normalized spacial score (nSPS) is 21.9. The minimum atomic E-state index is -0.956. The average molecular weight is 228 g/mol. The monoisotopic (exact) mass is 228 g/mol. The average Bonchev–Trinajstić information content (AvgIpc) is 2.63. The van der Waals surface area contributed by atoms with Crippen LogP contribution in [-0.2, 0) is 4.79 Å². The molecular weight excluding hydrogens is 208 g/mol. The molecule has 0 spiro atoms. The molecule has 0 saturated carbocycles. The molecular formula is C11H20N2O3. The van der Waals surface area contributed by atoms with Crippen molar-refractivity contribution >= 4 is 12.0 Å². The van der Waals surface area contributed by atoms with Gasteiger partial charge in [0.05, 0.1) is 0 Å². The molecule has 0 aromatic heterocycles. The smallest absolute Gasteiger partial charge is 0.326 e. The maximum atomic E-state index is 11.8. The largest absolute Gasteiger partial charge is 0.480 e. The molecule has 5 nitrogen and oxygen atoms in total. The van der Waals surface area contributed by atoms with Gasteiger partial charge in [-0.1, -0.05) is 13.3 Å². The second-order valence-electron chi connectivity index (χ2n) is 4.31. The van der Waals surface area contributed by atoms with Gasteiger partial charge in [-0.15, -0.1) is 0 Å². The fourth-order valence-corrected chi connectivity index (χ4v) is 2.01. The quantitative estimate of drug-likeness (QED) is 0.764. The zero-order valence-electron chi connectivity index (χ0n) is 9.90. The van der Waals surface area contributed by atoms with Crippen molar-refractivity contribution in [3.8, 4) is 0 Å². The van der Waals surface area contributed by atoms with E-state index in [2.05, 4.69) is 5.32 Å². The van der Waals surface area contributed by atoms with Gasteiger partial charge >= 0.3 is 12.0 Å². The van der Waals surface area contributed by atoms with Crippen LogP contribution in [0.4, 0.5) is 4.79 Å². The van der Waals surface area contributed by atoms with E-state index in [0.29, 0.717) is 6.42 Å². The zero-order chi connectivity index (χ0) is 12.1. The van der Waals surface area contributed by atoms with Crippen molar-refractivity contribution in [2.24, 2.45) is 0 Å². The van der Waals surface area contributed by atoms with E-state index >= 15 is 0 Å². The van der Waals surface area contributed by atoms with Crippen LogP contribution in [0.25, 0.3) is 0 Å². The van der Waals surface area contributed by atoms with Gasteiger partial charge in [0.2, 0.25) is 0 Å². The minimum Gasteiger partial charge on any atom is -0.480 e. The predicted octanol–water partition coefficient (Wildman–Crippen LogP) is 1.43. The number of aliphatic carboxylic acids is 1. The van der Waals surface area contributed by atoms with Crippen LogP contribution in [0.2, 0.25) is 0 Å². The lowest BCUT2D eigenvalue weighted by Crippen LogP contribution is -2.48. The van der Waals surface area contributed by atoms with Gasteiger partial charge in [0.25, 0.3) is 0 Å². The van der Waals surface area contributed by atoms with Gasteiger partial charge in [0.15, 0.2) is 0 Å². The fourth-order valence-electron chi connectivity index (χ4n) is 2.01. The maximum absolute atomic E-state index is 11.8. The Balaban J connectivity index is 2.50. The molecule has 0 aliphatic carbocycles. The van der Waals surface area contributed by atoms with Crippen LogP contribution in [0.15, 0.2) is 0 Å². The molecule has 1 unspecified atom stereocenters. The summed E-state index contributed by atoms with van der Waals surface area (Å²) in [6.45, 7) is 4.62. The number of carbonyl (C=O) groups excluding carboxylic acids is 1. The van der Waals surface area contributed by atoms with Gasteiger partial charge in [-0.05, 0) is 26.2 Å². The number of hydrogen-bond donors (Lipinski definition) is 2. The molecule has 0 aromatic carbocycles. The number of rotatable bonds is 4. The van der Waals surface area contributed by atoms with Crippen molar-refractivity contribution in [2.75, 3.05) is 6.54 Å². The summed E-state index contributed by atoms with van der Waals surface area (Å²) in [5, 5.41) is 11.5. The molecule has 2 N–H and O–H groups in total. The van der Waals surface area contributed by atoms with E-state index in [0.717, 1.165) is 25.8 Å². The van der Waals surface area contributed by atoms with E-state index < -0.39 is 12.0 Å². The lowest BCUT2D eigenvalue weighted by Gasteiger charge is -2.24. The zero-order valence-corrected chi connectivity index (χ0v) is 9.90. The predicted molar refractivity (Wildman–Crippen MR) is 60.3 cm³/mol. The number of carbonyl (C=O) groups is 2. The number of carboxylic acid groups (broad SMARTS) is 1. The van der Waals surface area contributed by atoms with Crippen LogP contribution in [0.1, 0.15) is 39.5 Å². The van der Waals surface area contributed by atoms with Gasteiger partial charge in [0, 0.05) is 12.6 Å². The first-order valence-corrected chi connectivity index (χ1v) is 5.86. The Hall–Kier alpha value is -1.26. The fraction of sp³-hybridized carbons (Fsp3) is 0.818.